The minimum atomic E-state index is -3.66. The number of aromatic nitrogens is 2. The van der Waals surface area contributed by atoms with E-state index < -0.39 is 10.0 Å². The number of nitrogens with zero attached hydrogens (tertiary/aromatic N) is 2. The SMILES string of the molecule is COc1ccsc1S(=O)(=O)NC1CCCN(c2ncc[nH]c2=O)C1. The molecule has 10 heteroatoms. The van der Waals surface area contributed by atoms with Gasteiger partial charge < -0.3 is 14.6 Å². The third kappa shape index (κ3) is 3.45. The fourth-order valence-corrected chi connectivity index (χ4v) is 5.29. The zero-order valence-electron chi connectivity index (χ0n) is 13.1. The maximum atomic E-state index is 12.6. The number of sulfonamides is 1. The number of hydrogen-bond acceptors (Lipinski definition) is 7. The summed E-state index contributed by atoms with van der Waals surface area (Å²) < 4.78 is 33.1. The molecule has 2 aromatic heterocycles. The van der Waals surface area contributed by atoms with Crippen molar-refractivity contribution >= 4 is 27.2 Å². The van der Waals surface area contributed by atoms with Gasteiger partial charge in [-0.1, -0.05) is 0 Å². The number of nitrogens with one attached hydrogen (secondary N) is 2. The second-order valence-corrected chi connectivity index (χ2v) is 8.25. The van der Waals surface area contributed by atoms with Crippen LogP contribution in [0.3, 0.4) is 0 Å². The van der Waals surface area contributed by atoms with Crippen LogP contribution in [-0.2, 0) is 10.0 Å². The molecular formula is C14H18N4O4S2. The van der Waals surface area contributed by atoms with Crippen LogP contribution in [0.2, 0.25) is 0 Å². The average molecular weight is 370 g/mol. The van der Waals surface area contributed by atoms with Crippen LogP contribution >= 0.6 is 11.3 Å². The monoisotopic (exact) mass is 370 g/mol. The number of ether oxygens (including phenoxy) is 1. The van der Waals surface area contributed by atoms with E-state index in [9.17, 15) is 13.2 Å². The van der Waals surface area contributed by atoms with Crippen molar-refractivity contribution in [2.75, 3.05) is 25.1 Å². The predicted octanol–water partition coefficient (Wildman–Crippen LogP) is 0.787. The van der Waals surface area contributed by atoms with Gasteiger partial charge in [-0.3, -0.25) is 4.79 Å². The van der Waals surface area contributed by atoms with E-state index >= 15 is 0 Å². The number of anilines is 1. The fourth-order valence-electron chi connectivity index (χ4n) is 2.74. The Balaban J connectivity index is 1.76. The standard InChI is InChI=1S/C14H18N4O4S2/c1-22-11-4-8-23-14(11)24(20,21)17-10-3-2-7-18(9-10)12-13(19)16-6-5-15-12/h4-6,8,10,17H,2-3,7,9H2,1H3,(H,16,19). The molecule has 2 N–H and O–H groups in total. The Hall–Kier alpha value is -1.91. The van der Waals surface area contributed by atoms with E-state index in [1.165, 1.54) is 19.5 Å². The first-order valence-corrected chi connectivity index (χ1v) is 9.80. The molecule has 0 bridgehead atoms. The number of hydrogen-bond donors (Lipinski definition) is 2. The normalized spacial score (nSPS) is 18.5. The third-order valence-electron chi connectivity index (χ3n) is 3.79. The number of rotatable bonds is 5. The largest absolute Gasteiger partial charge is 0.494 e. The minimum absolute atomic E-state index is 0.165. The molecule has 0 amide bonds. The molecule has 0 aliphatic carbocycles. The Morgan fingerprint density at radius 3 is 3.08 bits per heavy atom. The highest BCUT2D eigenvalue weighted by Crippen LogP contribution is 2.30. The topological polar surface area (TPSA) is 104 Å². The molecular weight excluding hydrogens is 352 g/mol. The van der Waals surface area contributed by atoms with Crippen LogP contribution in [0.1, 0.15) is 12.8 Å². The second-order valence-electron chi connectivity index (χ2n) is 5.42. The summed E-state index contributed by atoms with van der Waals surface area (Å²) >= 11 is 1.11. The Bertz CT molecular complexity index is 861. The smallest absolute Gasteiger partial charge is 0.290 e. The predicted molar refractivity (Wildman–Crippen MR) is 91.3 cm³/mol. The lowest BCUT2D eigenvalue weighted by Crippen LogP contribution is -2.49. The summed E-state index contributed by atoms with van der Waals surface area (Å²) in [5.74, 6) is 0.649. The molecule has 1 fully saturated rings. The van der Waals surface area contributed by atoms with Gasteiger partial charge in [0.25, 0.3) is 15.6 Å². The van der Waals surface area contributed by atoms with Crippen molar-refractivity contribution in [3.63, 3.8) is 0 Å². The van der Waals surface area contributed by atoms with Gasteiger partial charge in [0.15, 0.2) is 10.0 Å². The number of methoxy groups -OCH3 is 1. The lowest BCUT2D eigenvalue weighted by molar-refractivity contribution is 0.405. The minimum Gasteiger partial charge on any atom is -0.494 e. The zero-order valence-corrected chi connectivity index (χ0v) is 14.7. The van der Waals surface area contributed by atoms with Gasteiger partial charge in [-0.25, -0.2) is 18.1 Å². The molecule has 3 heterocycles. The summed E-state index contributed by atoms with van der Waals surface area (Å²) in [7, 11) is -2.22. The van der Waals surface area contributed by atoms with Crippen LogP contribution in [0.4, 0.5) is 5.82 Å². The van der Waals surface area contributed by atoms with Crippen molar-refractivity contribution in [3.8, 4) is 5.75 Å². The Kier molecular flexibility index (Phi) is 4.88. The van der Waals surface area contributed by atoms with Gasteiger partial charge in [0.1, 0.15) is 5.75 Å². The number of thiophene rings is 1. The van der Waals surface area contributed by atoms with Crippen LogP contribution < -0.4 is 19.9 Å². The number of aromatic amines is 1. The summed E-state index contributed by atoms with van der Waals surface area (Å²) in [5, 5.41) is 1.67. The van der Waals surface area contributed by atoms with Crippen LogP contribution in [0.15, 0.2) is 32.8 Å². The molecule has 24 heavy (non-hydrogen) atoms. The first kappa shape index (κ1) is 16.9. The van der Waals surface area contributed by atoms with Crippen LogP contribution in [0.5, 0.6) is 5.75 Å². The lowest BCUT2D eigenvalue weighted by Gasteiger charge is -2.33. The highest BCUT2D eigenvalue weighted by Gasteiger charge is 2.29. The molecule has 1 unspecified atom stereocenters. The van der Waals surface area contributed by atoms with Gasteiger partial charge in [-0.15, -0.1) is 11.3 Å². The van der Waals surface area contributed by atoms with Gasteiger partial charge >= 0.3 is 0 Å². The molecule has 0 spiro atoms. The van der Waals surface area contributed by atoms with E-state index in [4.69, 9.17) is 4.74 Å². The number of H-pyrrole nitrogens is 1. The quantitative estimate of drug-likeness (QED) is 0.806. The fraction of sp³-hybridized carbons (Fsp3) is 0.429. The van der Waals surface area contributed by atoms with Crippen LogP contribution in [0, 0.1) is 0 Å². The summed E-state index contributed by atoms with van der Waals surface area (Å²) in [6, 6.07) is 1.33. The van der Waals surface area contributed by atoms with Gasteiger partial charge in [0.05, 0.1) is 7.11 Å². The summed E-state index contributed by atoms with van der Waals surface area (Å²) in [6.45, 7) is 1.06. The van der Waals surface area contributed by atoms with Crippen molar-refractivity contribution < 1.29 is 13.2 Å². The van der Waals surface area contributed by atoms with Gasteiger partial charge in [0.2, 0.25) is 0 Å². The molecule has 3 rings (SSSR count). The molecule has 130 valence electrons. The van der Waals surface area contributed by atoms with Crippen molar-refractivity contribution in [1.82, 2.24) is 14.7 Å². The molecule has 0 radical (unpaired) electrons. The summed E-state index contributed by atoms with van der Waals surface area (Å²) in [6.07, 6.45) is 4.46. The van der Waals surface area contributed by atoms with Gasteiger partial charge in [-0.2, -0.15) is 0 Å². The Morgan fingerprint density at radius 2 is 2.33 bits per heavy atom. The summed E-state index contributed by atoms with van der Waals surface area (Å²) in [4.78, 5) is 20.4. The number of piperidine rings is 1. The van der Waals surface area contributed by atoms with Crippen molar-refractivity contribution in [2.24, 2.45) is 0 Å². The van der Waals surface area contributed by atoms with E-state index in [2.05, 4.69) is 14.7 Å². The maximum Gasteiger partial charge on any atom is 0.290 e. The zero-order chi connectivity index (χ0) is 17.2. The first-order chi connectivity index (χ1) is 11.5. The summed E-state index contributed by atoms with van der Waals surface area (Å²) in [5.41, 5.74) is -0.277. The molecule has 2 aromatic rings. The molecule has 0 saturated carbocycles. The molecule has 8 nitrogen and oxygen atoms in total. The van der Waals surface area contributed by atoms with E-state index in [0.29, 0.717) is 31.1 Å². The highest BCUT2D eigenvalue weighted by atomic mass is 32.2. The second kappa shape index (κ2) is 6.91. The average Bonchev–Trinajstić information content (AvgIpc) is 3.05. The highest BCUT2D eigenvalue weighted by molar-refractivity contribution is 7.91. The maximum absolute atomic E-state index is 12.6. The third-order valence-corrected chi connectivity index (χ3v) is 6.76. The van der Waals surface area contributed by atoms with Crippen molar-refractivity contribution in [1.29, 1.82) is 0 Å². The van der Waals surface area contributed by atoms with E-state index in [1.54, 1.807) is 16.3 Å². The van der Waals surface area contributed by atoms with Crippen LogP contribution in [-0.4, -0.2) is 44.6 Å². The van der Waals surface area contributed by atoms with Crippen molar-refractivity contribution in [2.45, 2.75) is 23.1 Å². The molecule has 1 atom stereocenters. The van der Waals surface area contributed by atoms with Crippen LogP contribution in [0.25, 0.3) is 0 Å². The van der Waals surface area contributed by atoms with E-state index in [1.807, 2.05) is 0 Å². The molecule has 0 aromatic carbocycles. The van der Waals surface area contributed by atoms with Crippen molar-refractivity contribution in [3.05, 3.63) is 34.2 Å². The van der Waals surface area contributed by atoms with E-state index in [-0.39, 0.29) is 15.8 Å². The van der Waals surface area contributed by atoms with Gasteiger partial charge in [0, 0.05) is 31.5 Å². The molecule has 1 saturated heterocycles. The Morgan fingerprint density at radius 1 is 1.50 bits per heavy atom. The van der Waals surface area contributed by atoms with Gasteiger partial charge in [-0.05, 0) is 24.3 Å². The molecule has 1 aliphatic heterocycles. The lowest BCUT2D eigenvalue weighted by atomic mass is 10.1. The molecule has 1 aliphatic rings. The first-order valence-electron chi connectivity index (χ1n) is 7.43. The van der Waals surface area contributed by atoms with E-state index in [0.717, 1.165) is 17.8 Å². The Labute approximate surface area is 143 Å².